The van der Waals surface area contributed by atoms with Gasteiger partial charge in [0.05, 0.1) is 5.69 Å². The molecule has 0 saturated heterocycles. The number of fused-ring (bicyclic) bond motifs is 1. The summed E-state index contributed by atoms with van der Waals surface area (Å²) in [5, 5.41) is 3.62. The van der Waals surface area contributed by atoms with Crippen molar-refractivity contribution in [1.82, 2.24) is 15.2 Å². The van der Waals surface area contributed by atoms with E-state index in [1.54, 1.807) is 0 Å². The minimum Gasteiger partial charge on any atom is -0.386 e. The molecular weight excluding hydrogens is 306 g/mol. The first-order chi connectivity index (χ1) is 12.1. The SMILES string of the molecule is C=C(CCN(CC1CC=Cc2ncccc21)C(=C)C)NC1CCCC1. The Balaban J connectivity index is 1.55. The summed E-state index contributed by atoms with van der Waals surface area (Å²) in [7, 11) is 0. The van der Waals surface area contributed by atoms with Gasteiger partial charge in [0.15, 0.2) is 0 Å². The molecule has 3 heteroatoms. The van der Waals surface area contributed by atoms with Crippen molar-refractivity contribution in [3.05, 3.63) is 60.2 Å². The van der Waals surface area contributed by atoms with Gasteiger partial charge in [-0.15, -0.1) is 0 Å². The highest BCUT2D eigenvalue weighted by molar-refractivity contribution is 5.53. The van der Waals surface area contributed by atoms with Gasteiger partial charge < -0.3 is 10.2 Å². The number of hydrogen-bond acceptors (Lipinski definition) is 3. The molecule has 134 valence electrons. The Bertz CT molecular complexity index is 640. The molecule has 0 aromatic carbocycles. The van der Waals surface area contributed by atoms with E-state index in [1.807, 2.05) is 12.3 Å². The maximum absolute atomic E-state index is 4.50. The van der Waals surface area contributed by atoms with Gasteiger partial charge in [-0.05, 0) is 43.9 Å². The number of allylic oxidation sites excluding steroid dienone is 2. The van der Waals surface area contributed by atoms with E-state index in [2.05, 4.69) is 53.5 Å². The maximum Gasteiger partial charge on any atom is 0.0662 e. The van der Waals surface area contributed by atoms with Gasteiger partial charge in [-0.25, -0.2) is 0 Å². The van der Waals surface area contributed by atoms with Gasteiger partial charge >= 0.3 is 0 Å². The van der Waals surface area contributed by atoms with Crippen LogP contribution in [0.25, 0.3) is 6.08 Å². The van der Waals surface area contributed by atoms with Crippen LogP contribution < -0.4 is 5.32 Å². The lowest BCUT2D eigenvalue weighted by atomic mass is 9.89. The topological polar surface area (TPSA) is 28.2 Å². The molecule has 3 rings (SSSR count). The quantitative estimate of drug-likeness (QED) is 0.735. The van der Waals surface area contributed by atoms with Gasteiger partial charge in [0.1, 0.15) is 0 Å². The number of nitrogens with zero attached hydrogens (tertiary/aromatic N) is 2. The van der Waals surface area contributed by atoms with Gasteiger partial charge in [0, 0.05) is 49.1 Å². The third-order valence-electron chi connectivity index (χ3n) is 5.43. The van der Waals surface area contributed by atoms with E-state index in [-0.39, 0.29) is 0 Å². The molecule has 0 radical (unpaired) electrons. The first kappa shape index (κ1) is 17.8. The third kappa shape index (κ3) is 4.75. The van der Waals surface area contributed by atoms with Crippen LogP contribution in [0.3, 0.4) is 0 Å². The van der Waals surface area contributed by atoms with Crippen LogP contribution in [0.2, 0.25) is 0 Å². The number of hydrogen-bond donors (Lipinski definition) is 1. The Labute approximate surface area is 152 Å². The van der Waals surface area contributed by atoms with Gasteiger partial charge in [-0.3, -0.25) is 4.98 Å². The van der Waals surface area contributed by atoms with E-state index < -0.39 is 0 Å². The fourth-order valence-corrected chi connectivity index (χ4v) is 3.96. The zero-order valence-corrected chi connectivity index (χ0v) is 15.5. The van der Waals surface area contributed by atoms with Crippen molar-refractivity contribution in [2.75, 3.05) is 13.1 Å². The molecule has 0 spiro atoms. The molecule has 2 aliphatic rings. The van der Waals surface area contributed by atoms with E-state index in [0.717, 1.165) is 37.3 Å². The lowest BCUT2D eigenvalue weighted by Crippen LogP contribution is -2.31. The van der Waals surface area contributed by atoms with Crippen LogP contribution in [-0.2, 0) is 0 Å². The molecule has 0 aliphatic heterocycles. The number of nitrogens with one attached hydrogen (secondary N) is 1. The van der Waals surface area contributed by atoms with Crippen molar-refractivity contribution in [2.24, 2.45) is 0 Å². The molecule has 0 amide bonds. The molecule has 1 unspecified atom stereocenters. The first-order valence-corrected chi connectivity index (χ1v) is 9.59. The summed E-state index contributed by atoms with van der Waals surface area (Å²) in [6.45, 7) is 12.5. The molecule has 1 aromatic heterocycles. The largest absolute Gasteiger partial charge is 0.386 e. The van der Waals surface area contributed by atoms with Gasteiger partial charge in [-0.2, -0.15) is 0 Å². The summed E-state index contributed by atoms with van der Waals surface area (Å²) in [5.74, 6) is 0.487. The van der Waals surface area contributed by atoms with Crippen molar-refractivity contribution in [1.29, 1.82) is 0 Å². The second kappa shape index (κ2) is 8.37. The molecular formula is C22H31N3. The van der Waals surface area contributed by atoms with Crippen LogP contribution in [0.5, 0.6) is 0 Å². The Morgan fingerprint density at radius 2 is 2.12 bits per heavy atom. The molecule has 2 aliphatic carbocycles. The van der Waals surface area contributed by atoms with Crippen LogP contribution >= 0.6 is 0 Å². The van der Waals surface area contributed by atoms with Crippen LogP contribution in [-0.4, -0.2) is 29.0 Å². The number of rotatable bonds is 8. The van der Waals surface area contributed by atoms with Gasteiger partial charge in [0.25, 0.3) is 0 Å². The third-order valence-corrected chi connectivity index (χ3v) is 5.43. The Morgan fingerprint density at radius 1 is 1.32 bits per heavy atom. The summed E-state index contributed by atoms with van der Waals surface area (Å²) in [4.78, 5) is 6.91. The standard InChI is InChI=1S/C22H31N3/c1-17(2)25(15-13-18(3)24-20-9-4-5-10-20)16-19-8-6-12-22-21(19)11-7-14-23-22/h6-7,11-12,14,19-20,24H,1,3-5,8-10,13,15-16H2,2H3. The smallest absolute Gasteiger partial charge is 0.0662 e. The predicted octanol–water partition coefficient (Wildman–Crippen LogP) is 4.85. The fourth-order valence-electron chi connectivity index (χ4n) is 3.96. The average molecular weight is 338 g/mol. The second-order valence-corrected chi connectivity index (χ2v) is 7.47. The van der Waals surface area contributed by atoms with E-state index in [0.29, 0.717) is 12.0 Å². The number of pyridine rings is 1. The molecule has 1 N–H and O–H groups in total. The zero-order valence-electron chi connectivity index (χ0n) is 15.5. The second-order valence-electron chi connectivity index (χ2n) is 7.47. The molecule has 1 atom stereocenters. The molecule has 3 nitrogen and oxygen atoms in total. The fraction of sp³-hybridized carbons (Fsp3) is 0.500. The molecule has 1 saturated carbocycles. The normalized spacial score (nSPS) is 19.5. The van der Waals surface area contributed by atoms with E-state index in [9.17, 15) is 0 Å². The van der Waals surface area contributed by atoms with Crippen LogP contribution in [0.1, 0.15) is 62.6 Å². The zero-order chi connectivity index (χ0) is 17.6. The molecule has 1 fully saturated rings. The van der Waals surface area contributed by atoms with E-state index in [1.165, 1.54) is 36.9 Å². The minimum absolute atomic E-state index is 0.487. The molecule has 25 heavy (non-hydrogen) atoms. The van der Waals surface area contributed by atoms with Crippen LogP contribution in [0.4, 0.5) is 0 Å². The lowest BCUT2D eigenvalue weighted by molar-refractivity contribution is 0.320. The number of aromatic nitrogens is 1. The highest BCUT2D eigenvalue weighted by Crippen LogP contribution is 2.30. The Morgan fingerprint density at radius 3 is 2.88 bits per heavy atom. The lowest BCUT2D eigenvalue weighted by Gasteiger charge is -2.31. The summed E-state index contributed by atoms with van der Waals surface area (Å²) >= 11 is 0. The van der Waals surface area contributed by atoms with Crippen molar-refractivity contribution in [3.8, 4) is 0 Å². The van der Waals surface area contributed by atoms with Crippen molar-refractivity contribution in [2.45, 2.75) is 57.4 Å². The summed E-state index contributed by atoms with van der Waals surface area (Å²) in [6.07, 6.45) is 13.6. The highest BCUT2D eigenvalue weighted by atomic mass is 15.1. The predicted molar refractivity (Wildman–Crippen MR) is 106 cm³/mol. The molecule has 1 heterocycles. The van der Waals surface area contributed by atoms with Crippen molar-refractivity contribution >= 4 is 6.08 Å². The highest BCUT2D eigenvalue weighted by Gasteiger charge is 2.21. The van der Waals surface area contributed by atoms with Gasteiger partial charge in [0.2, 0.25) is 0 Å². The summed E-state index contributed by atoms with van der Waals surface area (Å²) in [5.41, 5.74) is 4.78. The monoisotopic (exact) mass is 337 g/mol. The van der Waals surface area contributed by atoms with Gasteiger partial charge in [-0.1, -0.05) is 38.1 Å². The van der Waals surface area contributed by atoms with Crippen molar-refractivity contribution in [3.63, 3.8) is 0 Å². The minimum atomic E-state index is 0.487. The van der Waals surface area contributed by atoms with Crippen LogP contribution in [0, 0.1) is 0 Å². The van der Waals surface area contributed by atoms with Crippen LogP contribution in [0.15, 0.2) is 49.0 Å². The van der Waals surface area contributed by atoms with E-state index in [4.69, 9.17) is 0 Å². The molecule has 1 aromatic rings. The summed E-state index contributed by atoms with van der Waals surface area (Å²) in [6, 6.07) is 4.91. The molecule has 0 bridgehead atoms. The van der Waals surface area contributed by atoms with E-state index >= 15 is 0 Å². The Kier molecular flexibility index (Phi) is 5.95. The Hall–Kier alpha value is -2.03. The average Bonchev–Trinajstić information content (AvgIpc) is 3.11. The maximum atomic E-state index is 4.50. The summed E-state index contributed by atoms with van der Waals surface area (Å²) < 4.78 is 0. The first-order valence-electron chi connectivity index (χ1n) is 9.59. The van der Waals surface area contributed by atoms with Crippen molar-refractivity contribution < 1.29 is 0 Å².